The highest BCUT2D eigenvalue weighted by atomic mass is 16.5. The summed E-state index contributed by atoms with van der Waals surface area (Å²) < 4.78 is 5.17. The van der Waals surface area contributed by atoms with Gasteiger partial charge in [0, 0.05) is 5.69 Å². The normalized spacial score (nSPS) is 30.9. The SMILES string of the molecule is O=C(O)c1ccc(N[C@H]2OC[C@H](O)[C@H](O)[C@@H]2O)cc1. The molecule has 1 saturated heterocycles. The summed E-state index contributed by atoms with van der Waals surface area (Å²) in [6.45, 7) is -0.0941. The number of hydrogen-bond acceptors (Lipinski definition) is 6. The van der Waals surface area contributed by atoms with Crippen LogP contribution in [-0.4, -0.2) is 57.5 Å². The van der Waals surface area contributed by atoms with E-state index in [9.17, 15) is 20.1 Å². The molecular formula is C12H15NO6. The van der Waals surface area contributed by atoms with Crippen LogP contribution in [0.25, 0.3) is 0 Å². The van der Waals surface area contributed by atoms with E-state index in [0.717, 1.165) is 0 Å². The first-order valence-corrected chi connectivity index (χ1v) is 5.74. The molecule has 1 heterocycles. The maximum atomic E-state index is 10.7. The van der Waals surface area contributed by atoms with Crippen LogP contribution in [0.1, 0.15) is 10.4 Å². The van der Waals surface area contributed by atoms with Gasteiger partial charge in [0.1, 0.15) is 18.3 Å². The second kappa shape index (κ2) is 5.54. The molecule has 1 aromatic carbocycles. The van der Waals surface area contributed by atoms with Gasteiger partial charge in [-0.15, -0.1) is 0 Å². The molecule has 7 heteroatoms. The molecule has 0 bridgehead atoms. The standard InChI is InChI=1S/C12H15NO6/c14-8-5-19-11(10(16)9(8)15)13-7-3-1-6(2-4-7)12(17)18/h1-4,8-11,13-16H,5H2,(H,17,18)/t8-,9-,10-,11-/m0/s1. The van der Waals surface area contributed by atoms with Crippen molar-refractivity contribution in [1.29, 1.82) is 0 Å². The van der Waals surface area contributed by atoms with Gasteiger partial charge in [0.2, 0.25) is 0 Å². The monoisotopic (exact) mass is 269 g/mol. The summed E-state index contributed by atoms with van der Waals surface area (Å²) in [7, 11) is 0. The molecule has 7 nitrogen and oxygen atoms in total. The van der Waals surface area contributed by atoms with Crippen molar-refractivity contribution in [2.24, 2.45) is 0 Å². The van der Waals surface area contributed by atoms with Gasteiger partial charge in [-0.05, 0) is 24.3 Å². The van der Waals surface area contributed by atoms with Gasteiger partial charge in [-0.1, -0.05) is 0 Å². The van der Waals surface area contributed by atoms with Crippen LogP contribution in [0.4, 0.5) is 5.69 Å². The van der Waals surface area contributed by atoms with Crippen LogP contribution in [0.2, 0.25) is 0 Å². The number of aliphatic hydroxyl groups is 3. The molecule has 0 amide bonds. The quantitative estimate of drug-likeness (QED) is 0.489. The number of carboxylic acids is 1. The number of anilines is 1. The fraction of sp³-hybridized carbons (Fsp3) is 0.417. The molecule has 104 valence electrons. The second-order valence-corrected chi connectivity index (χ2v) is 4.33. The molecule has 0 unspecified atom stereocenters. The minimum Gasteiger partial charge on any atom is -0.478 e. The van der Waals surface area contributed by atoms with E-state index in [1.807, 2.05) is 0 Å². The molecule has 1 fully saturated rings. The summed E-state index contributed by atoms with van der Waals surface area (Å²) >= 11 is 0. The number of aliphatic hydroxyl groups excluding tert-OH is 3. The molecule has 0 saturated carbocycles. The van der Waals surface area contributed by atoms with Crippen molar-refractivity contribution in [3.05, 3.63) is 29.8 Å². The molecule has 1 aliphatic rings. The minimum atomic E-state index is -1.29. The highest BCUT2D eigenvalue weighted by molar-refractivity contribution is 5.87. The molecule has 19 heavy (non-hydrogen) atoms. The lowest BCUT2D eigenvalue weighted by atomic mass is 10.0. The van der Waals surface area contributed by atoms with E-state index in [-0.39, 0.29) is 12.2 Å². The Hall–Kier alpha value is -1.67. The third-order valence-electron chi connectivity index (χ3n) is 2.94. The van der Waals surface area contributed by atoms with E-state index in [1.165, 1.54) is 24.3 Å². The number of rotatable bonds is 3. The van der Waals surface area contributed by atoms with Gasteiger partial charge < -0.3 is 30.5 Å². The van der Waals surface area contributed by atoms with Gasteiger partial charge in [0.15, 0.2) is 6.23 Å². The number of aromatic carboxylic acids is 1. The van der Waals surface area contributed by atoms with Crippen molar-refractivity contribution < 1.29 is 30.0 Å². The number of hydrogen-bond donors (Lipinski definition) is 5. The fourth-order valence-electron chi connectivity index (χ4n) is 1.81. The Morgan fingerprint density at radius 1 is 1.16 bits per heavy atom. The van der Waals surface area contributed by atoms with Gasteiger partial charge in [0.25, 0.3) is 0 Å². The lowest BCUT2D eigenvalue weighted by molar-refractivity contribution is -0.178. The fourth-order valence-corrected chi connectivity index (χ4v) is 1.81. The molecule has 0 spiro atoms. The number of ether oxygens (including phenoxy) is 1. The molecule has 0 radical (unpaired) electrons. The van der Waals surface area contributed by atoms with Crippen LogP contribution in [-0.2, 0) is 4.74 Å². The molecule has 4 atom stereocenters. The number of carbonyl (C=O) groups is 1. The Morgan fingerprint density at radius 3 is 2.37 bits per heavy atom. The molecule has 5 N–H and O–H groups in total. The highest BCUT2D eigenvalue weighted by Gasteiger charge is 2.37. The summed E-state index contributed by atoms with van der Waals surface area (Å²) in [6, 6.07) is 5.87. The third-order valence-corrected chi connectivity index (χ3v) is 2.94. The van der Waals surface area contributed by atoms with Crippen LogP contribution >= 0.6 is 0 Å². The van der Waals surface area contributed by atoms with Crippen LogP contribution in [0.15, 0.2) is 24.3 Å². The molecule has 0 aliphatic carbocycles. The maximum Gasteiger partial charge on any atom is 0.335 e. The smallest absolute Gasteiger partial charge is 0.335 e. The van der Waals surface area contributed by atoms with E-state index in [2.05, 4.69) is 5.32 Å². The third kappa shape index (κ3) is 3.02. The predicted octanol–water partition coefficient (Wildman–Crippen LogP) is -0.764. The zero-order chi connectivity index (χ0) is 14.0. The zero-order valence-corrected chi connectivity index (χ0v) is 9.93. The van der Waals surface area contributed by atoms with Crippen molar-refractivity contribution in [3.8, 4) is 0 Å². The molecule has 1 aliphatic heterocycles. The van der Waals surface area contributed by atoms with Crippen LogP contribution in [0.5, 0.6) is 0 Å². The molecule has 1 aromatic rings. The van der Waals surface area contributed by atoms with Crippen molar-refractivity contribution in [3.63, 3.8) is 0 Å². The van der Waals surface area contributed by atoms with E-state index in [1.54, 1.807) is 0 Å². The average Bonchev–Trinajstić information content (AvgIpc) is 2.40. The topological polar surface area (TPSA) is 119 Å². The summed E-state index contributed by atoms with van der Waals surface area (Å²) in [6.07, 6.45) is -4.55. The lowest BCUT2D eigenvalue weighted by Crippen LogP contribution is -2.55. The molecule has 0 aromatic heterocycles. The first-order chi connectivity index (χ1) is 8.99. The van der Waals surface area contributed by atoms with Crippen LogP contribution in [0, 0.1) is 0 Å². The van der Waals surface area contributed by atoms with E-state index < -0.39 is 30.5 Å². The average molecular weight is 269 g/mol. The first kappa shape index (κ1) is 13.8. The highest BCUT2D eigenvalue weighted by Crippen LogP contribution is 2.19. The Balaban J connectivity index is 2.03. The van der Waals surface area contributed by atoms with Crippen molar-refractivity contribution >= 4 is 11.7 Å². The number of carboxylic acid groups (broad SMARTS) is 1. The number of nitrogens with one attached hydrogen (secondary N) is 1. The van der Waals surface area contributed by atoms with Crippen molar-refractivity contribution in [2.45, 2.75) is 24.5 Å². The van der Waals surface area contributed by atoms with E-state index in [4.69, 9.17) is 9.84 Å². The molecular weight excluding hydrogens is 254 g/mol. The second-order valence-electron chi connectivity index (χ2n) is 4.33. The lowest BCUT2D eigenvalue weighted by Gasteiger charge is -2.35. The van der Waals surface area contributed by atoms with Gasteiger partial charge in [-0.3, -0.25) is 0 Å². The van der Waals surface area contributed by atoms with Crippen LogP contribution in [0.3, 0.4) is 0 Å². The number of benzene rings is 1. The summed E-state index contributed by atoms with van der Waals surface area (Å²) in [4.78, 5) is 10.7. The van der Waals surface area contributed by atoms with Gasteiger partial charge in [-0.25, -0.2) is 4.79 Å². The molecule has 2 rings (SSSR count). The van der Waals surface area contributed by atoms with Gasteiger partial charge >= 0.3 is 5.97 Å². The maximum absolute atomic E-state index is 10.7. The van der Waals surface area contributed by atoms with Crippen molar-refractivity contribution in [1.82, 2.24) is 0 Å². The Morgan fingerprint density at radius 2 is 1.79 bits per heavy atom. The largest absolute Gasteiger partial charge is 0.478 e. The van der Waals surface area contributed by atoms with E-state index in [0.29, 0.717) is 5.69 Å². The van der Waals surface area contributed by atoms with E-state index >= 15 is 0 Å². The van der Waals surface area contributed by atoms with Gasteiger partial charge in [0.05, 0.1) is 12.2 Å². The van der Waals surface area contributed by atoms with Gasteiger partial charge in [-0.2, -0.15) is 0 Å². The Bertz CT molecular complexity index is 448. The Kier molecular flexibility index (Phi) is 4.01. The summed E-state index contributed by atoms with van der Waals surface area (Å²) in [5.41, 5.74) is 0.684. The zero-order valence-electron chi connectivity index (χ0n) is 9.93. The first-order valence-electron chi connectivity index (χ1n) is 5.74. The predicted molar refractivity (Wildman–Crippen MR) is 64.8 cm³/mol. The summed E-state index contributed by atoms with van der Waals surface area (Å²) in [5, 5.41) is 40.1. The summed E-state index contributed by atoms with van der Waals surface area (Å²) in [5.74, 6) is -1.03. The minimum absolute atomic E-state index is 0.0941. The van der Waals surface area contributed by atoms with Crippen LogP contribution < -0.4 is 5.32 Å². The van der Waals surface area contributed by atoms with Crippen molar-refractivity contribution in [2.75, 3.05) is 11.9 Å². The Labute approximate surface area is 109 Å².